The van der Waals surface area contributed by atoms with Crippen LogP contribution in [0.5, 0.6) is 0 Å². The molecular formula is C22H20N4O2. The van der Waals surface area contributed by atoms with Crippen molar-refractivity contribution in [2.45, 2.75) is 19.4 Å². The highest BCUT2D eigenvalue weighted by Crippen LogP contribution is 2.33. The van der Waals surface area contributed by atoms with E-state index in [0.717, 1.165) is 33.5 Å². The van der Waals surface area contributed by atoms with Crippen LogP contribution in [0.2, 0.25) is 0 Å². The Balaban J connectivity index is 1.71. The summed E-state index contributed by atoms with van der Waals surface area (Å²) in [5.41, 5.74) is 11.4. The highest BCUT2D eigenvalue weighted by atomic mass is 16.5. The van der Waals surface area contributed by atoms with Crippen LogP contribution in [-0.2, 0) is 11.2 Å². The first-order valence-electron chi connectivity index (χ1n) is 9.04. The van der Waals surface area contributed by atoms with Crippen molar-refractivity contribution in [3.8, 4) is 11.3 Å². The van der Waals surface area contributed by atoms with Crippen LogP contribution in [-0.4, -0.2) is 16.0 Å². The lowest BCUT2D eigenvalue weighted by Crippen LogP contribution is -2.17. The van der Waals surface area contributed by atoms with Crippen LogP contribution >= 0.6 is 0 Å². The van der Waals surface area contributed by atoms with Gasteiger partial charge in [-0.25, -0.2) is 0 Å². The molecule has 0 saturated carbocycles. The van der Waals surface area contributed by atoms with E-state index < -0.39 is 0 Å². The Morgan fingerprint density at radius 3 is 2.75 bits per heavy atom. The number of rotatable bonds is 5. The van der Waals surface area contributed by atoms with Crippen LogP contribution in [0, 0.1) is 0 Å². The normalized spacial score (nSPS) is 12.1. The second-order valence-electron chi connectivity index (χ2n) is 6.60. The number of hydrogen-bond acceptors (Lipinski definition) is 5. The molecule has 3 N–H and O–H groups in total. The lowest BCUT2D eigenvalue weighted by Gasteiger charge is -2.17. The minimum absolute atomic E-state index is 0.141. The van der Waals surface area contributed by atoms with Crippen molar-refractivity contribution in [3.63, 3.8) is 0 Å². The second-order valence-corrected chi connectivity index (χ2v) is 6.60. The van der Waals surface area contributed by atoms with E-state index in [1.54, 1.807) is 12.3 Å². The van der Waals surface area contributed by atoms with Crippen LogP contribution in [0.1, 0.15) is 24.2 Å². The molecule has 0 unspecified atom stereocenters. The Hall–Kier alpha value is -3.51. The molecule has 4 rings (SSSR count). The molecule has 0 aliphatic carbocycles. The van der Waals surface area contributed by atoms with Gasteiger partial charge in [-0.1, -0.05) is 41.6 Å². The quantitative estimate of drug-likeness (QED) is 0.550. The number of anilines is 1. The zero-order chi connectivity index (χ0) is 19.5. The molecule has 2 aromatic heterocycles. The van der Waals surface area contributed by atoms with Crippen molar-refractivity contribution in [1.82, 2.24) is 10.1 Å². The maximum atomic E-state index is 11.5. The molecule has 0 bridgehead atoms. The first-order valence-corrected chi connectivity index (χ1v) is 9.04. The van der Waals surface area contributed by atoms with Gasteiger partial charge in [-0.3, -0.25) is 9.78 Å². The average molecular weight is 372 g/mol. The van der Waals surface area contributed by atoms with Gasteiger partial charge in [-0.15, -0.1) is 0 Å². The standard InChI is InChI=1S/C22H20N4O2/c1-14(27)25-19-10-6-12-24-20(19)13-18(23)15-7-2-3-8-16(15)22-17-9-4-5-11-21(17)28-26-22/h2-12,18H,13,23H2,1H3,(H,25,27)/t18-/m0/s1. The summed E-state index contributed by atoms with van der Waals surface area (Å²) < 4.78 is 5.47. The third-order valence-corrected chi connectivity index (χ3v) is 4.61. The summed E-state index contributed by atoms with van der Waals surface area (Å²) in [5, 5.41) is 8.03. The van der Waals surface area contributed by atoms with Crippen molar-refractivity contribution in [2.24, 2.45) is 5.73 Å². The van der Waals surface area contributed by atoms with Crippen molar-refractivity contribution in [1.29, 1.82) is 0 Å². The van der Waals surface area contributed by atoms with E-state index in [1.807, 2.05) is 54.6 Å². The summed E-state index contributed by atoms with van der Waals surface area (Å²) in [6, 6.07) is 18.9. The third-order valence-electron chi connectivity index (χ3n) is 4.61. The number of carbonyl (C=O) groups excluding carboxylic acids is 1. The molecule has 0 radical (unpaired) electrons. The molecular weight excluding hydrogens is 352 g/mol. The number of fused-ring (bicyclic) bond motifs is 1. The topological polar surface area (TPSA) is 94.0 Å². The Bertz CT molecular complexity index is 1140. The van der Waals surface area contributed by atoms with Crippen LogP contribution in [0.3, 0.4) is 0 Å². The maximum absolute atomic E-state index is 11.5. The van der Waals surface area contributed by atoms with Crippen molar-refractivity contribution < 1.29 is 9.32 Å². The summed E-state index contributed by atoms with van der Waals surface area (Å²) in [5.74, 6) is -0.141. The van der Waals surface area contributed by atoms with E-state index in [1.165, 1.54) is 6.92 Å². The summed E-state index contributed by atoms with van der Waals surface area (Å²) >= 11 is 0. The van der Waals surface area contributed by atoms with E-state index in [0.29, 0.717) is 12.1 Å². The van der Waals surface area contributed by atoms with Gasteiger partial charge >= 0.3 is 0 Å². The van der Waals surface area contributed by atoms with Gasteiger partial charge in [0.1, 0.15) is 5.69 Å². The fourth-order valence-corrected chi connectivity index (χ4v) is 3.34. The minimum atomic E-state index is -0.325. The van der Waals surface area contributed by atoms with Crippen LogP contribution < -0.4 is 11.1 Å². The molecule has 140 valence electrons. The molecule has 0 aliphatic heterocycles. The average Bonchev–Trinajstić information content (AvgIpc) is 3.13. The molecule has 0 fully saturated rings. The van der Waals surface area contributed by atoms with E-state index >= 15 is 0 Å². The van der Waals surface area contributed by atoms with E-state index in [9.17, 15) is 4.79 Å². The van der Waals surface area contributed by atoms with E-state index in [4.69, 9.17) is 10.3 Å². The summed E-state index contributed by atoms with van der Waals surface area (Å²) in [6.45, 7) is 1.47. The molecule has 6 heteroatoms. The molecule has 6 nitrogen and oxygen atoms in total. The number of aromatic nitrogens is 2. The SMILES string of the molecule is CC(=O)Nc1cccnc1C[C@H](N)c1ccccc1-c1noc2ccccc12. The number of amides is 1. The van der Waals surface area contributed by atoms with E-state index in [2.05, 4.69) is 15.5 Å². The first-order chi connectivity index (χ1) is 13.6. The largest absolute Gasteiger partial charge is 0.356 e. The zero-order valence-electron chi connectivity index (χ0n) is 15.4. The molecule has 1 atom stereocenters. The molecule has 4 aromatic rings. The lowest BCUT2D eigenvalue weighted by atomic mass is 9.94. The smallest absolute Gasteiger partial charge is 0.221 e. The van der Waals surface area contributed by atoms with Crippen LogP contribution in [0.15, 0.2) is 71.4 Å². The lowest BCUT2D eigenvalue weighted by molar-refractivity contribution is -0.114. The molecule has 1 amide bonds. The minimum Gasteiger partial charge on any atom is -0.356 e. The third kappa shape index (κ3) is 3.50. The first kappa shape index (κ1) is 17.9. The number of nitrogens with two attached hydrogens (primary N) is 1. The second kappa shape index (κ2) is 7.62. The van der Waals surface area contributed by atoms with Gasteiger partial charge < -0.3 is 15.6 Å². The van der Waals surface area contributed by atoms with Gasteiger partial charge in [0, 0.05) is 36.5 Å². The van der Waals surface area contributed by atoms with Crippen molar-refractivity contribution in [2.75, 3.05) is 5.32 Å². The molecule has 28 heavy (non-hydrogen) atoms. The van der Waals surface area contributed by atoms with Crippen molar-refractivity contribution in [3.05, 3.63) is 78.1 Å². The van der Waals surface area contributed by atoms with Crippen LogP contribution in [0.25, 0.3) is 22.2 Å². The van der Waals surface area contributed by atoms with Gasteiger partial charge in [-0.2, -0.15) is 0 Å². The van der Waals surface area contributed by atoms with Gasteiger partial charge in [0.15, 0.2) is 5.58 Å². The summed E-state index contributed by atoms with van der Waals surface area (Å²) in [7, 11) is 0. The number of carbonyl (C=O) groups is 1. The highest BCUT2D eigenvalue weighted by Gasteiger charge is 2.19. The van der Waals surface area contributed by atoms with Crippen molar-refractivity contribution >= 4 is 22.6 Å². The van der Waals surface area contributed by atoms with Crippen LogP contribution in [0.4, 0.5) is 5.69 Å². The number of nitrogens with zero attached hydrogens (tertiary/aromatic N) is 2. The predicted octanol–water partition coefficient (Wildman–Crippen LogP) is 4.09. The Morgan fingerprint density at radius 2 is 1.89 bits per heavy atom. The fraction of sp³-hybridized carbons (Fsp3) is 0.136. The Morgan fingerprint density at radius 1 is 1.11 bits per heavy atom. The fourth-order valence-electron chi connectivity index (χ4n) is 3.34. The Labute approximate surface area is 162 Å². The van der Waals surface area contributed by atoms with E-state index in [-0.39, 0.29) is 11.9 Å². The maximum Gasteiger partial charge on any atom is 0.221 e. The van der Waals surface area contributed by atoms with Gasteiger partial charge in [0.2, 0.25) is 5.91 Å². The summed E-state index contributed by atoms with van der Waals surface area (Å²) in [4.78, 5) is 15.9. The highest BCUT2D eigenvalue weighted by molar-refractivity contribution is 5.92. The zero-order valence-corrected chi connectivity index (χ0v) is 15.4. The van der Waals surface area contributed by atoms with Gasteiger partial charge in [-0.05, 0) is 29.8 Å². The number of benzene rings is 2. The molecule has 2 heterocycles. The summed E-state index contributed by atoms with van der Waals surface area (Å²) in [6.07, 6.45) is 2.17. The Kier molecular flexibility index (Phi) is 4.87. The molecule has 0 aliphatic rings. The monoisotopic (exact) mass is 372 g/mol. The van der Waals surface area contributed by atoms with Gasteiger partial charge in [0.05, 0.1) is 11.4 Å². The number of pyridine rings is 1. The number of nitrogens with one attached hydrogen (secondary N) is 1. The molecule has 2 aromatic carbocycles. The molecule has 0 saturated heterocycles. The number of hydrogen-bond donors (Lipinski definition) is 2. The number of para-hydroxylation sites is 1. The van der Waals surface area contributed by atoms with Gasteiger partial charge in [0.25, 0.3) is 0 Å². The predicted molar refractivity (Wildman–Crippen MR) is 109 cm³/mol. The molecule has 0 spiro atoms.